The fourth-order valence-electron chi connectivity index (χ4n) is 3.00. The van der Waals surface area contributed by atoms with Crippen molar-refractivity contribution in [2.45, 2.75) is 26.4 Å². The number of amides is 2. The fourth-order valence-corrected chi connectivity index (χ4v) is 4.34. The number of carbonyl (C=O) groups is 2. The molecule has 2 aromatic carbocycles. The van der Waals surface area contributed by atoms with Crippen LogP contribution in [0.5, 0.6) is 11.5 Å². The normalized spacial score (nSPS) is 11.1. The largest absolute Gasteiger partial charge is 0.496 e. The molecule has 0 aliphatic rings. The molecule has 0 saturated carbocycles. The molecule has 0 aliphatic heterocycles. The van der Waals surface area contributed by atoms with Gasteiger partial charge in [0, 0.05) is 21.0 Å². The van der Waals surface area contributed by atoms with Crippen LogP contribution in [0.4, 0.5) is 5.00 Å². The topological polar surface area (TPSA) is 90.6 Å². The first-order valence-electron chi connectivity index (χ1n) is 10.2. The molecule has 1 heterocycles. The first-order chi connectivity index (χ1) is 15.8. The number of hydrogen-bond donors (Lipinski definition) is 2. The third-order valence-electron chi connectivity index (χ3n) is 4.76. The molecule has 0 bridgehead atoms. The van der Waals surface area contributed by atoms with Gasteiger partial charge in [0.1, 0.15) is 23.1 Å². The van der Waals surface area contributed by atoms with E-state index in [1.54, 1.807) is 19.3 Å². The second kappa shape index (κ2) is 11.2. The van der Waals surface area contributed by atoms with E-state index in [0.29, 0.717) is 22.9 Å². The van der Waals surface area contributed by atoms with E-state index in [-0.39, 0.29) is 11.8 Å². The zero-order chi connectivity index (χ0) is 24.0. The van der Waals surface area contributed by atoms with Crippen LogP contribution in [0.1, 0.15) is 46.1 Å². The molecule has 0 radical (unpaired) electrons. The van der Waals surface area contributed by atoms with Crippen LogP contribution in [0.25, 0.3) is 6.08 Å². The molecule has 8 heteroatoms. The van der Waals surface area contributed by atoms with E-state index in [2.05, 4.69) is 21.2 Å². The van der Waals surface area contributed by atoms with Gasteiger partial charge in [-0.2, -0.15) is 0 Å². The Hall–Kier alpha value is -3.10. The van der Waals surface area contributed by atoms with Crippen molar-refractivity contribution in [1.29, 1.82) is 0 Å². The predicted molar refractivity (Wildman–Crippen MR) is 136 cm³/mol. The van der Waals surface area contributed by atoms with E-state index in [9.17, 15) is 9.59 Å². The second-order valence-corrected chi connectivity index (χ2v) is 9.55. The number of carbonyl (C=O) groups excluding carboxylic acids is 2. The molecule has 172 valence electrons. The molecule has 0 spiro atoms. The SMILES string of the molecule is COc1ccc(/C=C\C(=O)Nc2sc(C(C)C)cc2C(N)=O)cc1COc1ccc(Br)cc1. The highest BCUT2D eigenvalue weighted by molar-refractivity contribution is 9.10. The first kappa shape index (κ1) is 24.5. The summed E-state index contributed by atoms with van der Waals surface area (Å²) in [7, 11) is 1.60. The average molecular weight is 529 g/mol. The molecular weight excluding hydrogens is 504 g/mol. The summed E-state index contributed by atoms with van der Waals surface area (Å²) in [6, 6.07) is 14.9. The molecule has 33 heavy (non-hydrogen) atoms. The minimum atomic E-state index is -0.567. The van der Waals surface area contributed by atoms with Gasteiger partial charge in [0.25, 0.3) is 5.91 Å². The summed E-state index contributed by atoms with van der Waals surface area (Å²) >= 11 is 4.76. The number of methoxy groups -OCH3 is 1. The predicted octanol–water partition coefficient (Wildman–Crippen LogP) is 5.97. The minimum Gasteiger partial charge on any atom is -0.496 e. The van der Waals surface area contributed by atoms with Gasteiger partial charge in [0.15, 0.2) is 0 Å². The van der Waals surface area contributed by atoms with Crippen LogP contribution in [0.2, 0.25) is 0 Å². The van der Waals surface area contributed by atoms with Crippen molar-refractivity contribution < 1.29 is 19.1 Å². The van der Waals surface area contributed by atoms with Crippen LogP contribution in [-0.4, -0.2) is 18.9 Å². The van der Waals surface area contributed by atoms with Gasteiger partial charge in [-0.25, -0.2) is 0 Å². The maximum absolute atomic E-state index is 12.5. The smallest absolute Gasteiger partial charge is 0.251 e. The number of rotatable bonds is 9. The molecule has 0 fully saturated rings. The lowest BCUT2D eigenvalue weighted by Gasteiger charge is -2.11. The van der Waals surface area contributed by atoms with Gasteiger partial charge in [-0.15, -0.1) is 11.3 Å². The summed E-state index contributed by atoms with van der Waals surface area (Å²) in [6.45, 7) is 4.35. The average Bonchev–Trinajstić information content (AvgIpc) is 3.22. The number of hydrogen-bond acceptors (Lipinski definition) is 5. The summed E-state index contributed by atoms with van der Waals surface area (Å²) in [4.78, 5) is 25.2. The van der Waals surface area contributed by atoms with Crippen molar-refractivity contribution in [3.05, 3.63) is 80.6 Å². The Bertz CT molecular complexity index is 1170. The van der Waals surface area contributed by atoms with Crippen LogP contribution in [-0.2, 0) is 11.4 Å². The van der Waals surface area contributed by atoms with Crippen molar-refractivity contribution in [2.75, 3.05) is 12.4 Å². The number of benzene rings is 2. The monoisotopic (exact) mass is 528 g/mol. The van der Waals surface area contributed by atoms with Gasteiger partial charge in [-0.3, -0.25) is 9.59 Å². The van der Waals surface area contributed by atoms with Gasteiger partial charge in [0.2, 0.25) is 5.91 Å². The zero-order valence-corrected chi connectivity index (χ0v) is 21.0. The number of halogens is 1. The number of primary amides is 1. The molecule has 0 saturated heterocycles. The number of nitrogens with two attached hydrogens (primary N) is 1. The minimum absolute atomic E-state index is 0.228. The standard InChI is InChI=1S/C25H25BrN2O4S/c1-15(2)22-13-20(24(27)30)25(33-22)28-23(29)11-5-16-4-10-21(31-3)17(12-16)14-32-19-8-6-18(26)7-9-19/h4-13,15H,14H2,1-3H3,(H2,27,30)(H,28,29)/b11-5-. The third-order valence-corrected chi connectivity index (χ3v) is 6.64. The summed E-state index contributed by atoms with van der Waals surface area (Å²) in [5.41, 5.74) is 7.44. The van der Waals surface area contributed by atoms with Crippen molar-refractivity contribution in [2.24, 2.45) is 5.73 Å². The molecule has 0 unspecified atom stereocenters. The lowest BCUT2D eigenvalue weighted by molar-refractivity contribution is -0.111. The Balaban J connectivity index is 1.71. The second-order valence-electron chi connectivity index (χ2n) is 7.55. The van der Waals surface area contributed by atoms with Gasteiger partial charge < -0.3 is 20.5 Å². The molecule has 0 atom stereocenters. The third kappa shape index (κ3) is 6.69. The zero-order valence-electron chi connectivity index (χ0n) is 18.6. The molecule has 0 aliphatic carbocycles. The highest BCUT2D eigenvalue weighted by Gasteiger charge is 2.16. The lowest BCUT2D eigenvalue weighted by atomic mass is 10.1. The van der Waals surface area contributed by atoms with Crippen LogP contribution >= 0.6 is 27.3 Å². The lowest BCUT2D eigenvalue weighted by Crippen LogP contribution is -2.14. The van der Waals surface area contributed by atoms with E-state index in [1.165, 1.54) is 17.4 Å². The summed E-state index contributed by atoms with van der Waals surface area (Å²) in [6.07, 6.45) is 3.11. The Morgan fingerprint density at radius 1 is 1.15 bits per heavy atom. The van der Waals surface area contributed by atoms with Crippen LogP contribution < -0.4 is 20.5 Å². The molecule has 3 rings (SSSR count). The molecule has 3 aromatic rings. The molecular formula is C25H25BrN2O4S. The Morgan fingerprint density at radius 3 is 2.52 bits per heavy atom. The number of anilines is 1. The number of thiophene rings is 1. The van der Waals surface area contributed by atoms with Crippen LogP contribution in [0.15, 0.2) is 59.1 Å². The highest BCUT2D eigenvalue weighted by Crippen LogP contribution is 2.32. The number of ether oxygens (including phenoxy) is 2. The van der Waals surface area contributed by atoms with E-state index in [4.69, 9.17) is 15.2 Å². The molecule has 1 aromatic heterocycles. The van der Waals surface area contributed by atoms with E-state index in [0.717, 1.165) is 26.2 Å². The van der Waals surface area contributed by atoms with Crippen molar-refractivity contribution in [1.82, 2.24) is 0 Å². The van der Waals surface area contributed by atoms with Crippen molar-refractivity contribution in [3.63, 3.8) is 0 Å². The highest BCUT2D eigenvalue weighted by atomic mass is 79.9. The van der Waals surface area contributed by atoms with E-state index in [1.807, 2.05) is 56.3 Å². The first-order valence-corrected chi connectivity index (χ1v) is 11.9. The van der Waals surface area contributed by atoms with Gasteiger partial charge in [-0.05, 0) is 60.0 Å². The van der Waals surface area contributed by atoms with Crippen molar-refractivity contribution in [3.8, 4) is 11.5 Å². The van der Waals surface area contributed by atoms with Crippen molar-refractivity contribution >= 4 is 50.2 Å². The quantitative estimate of drug-likeness (QED) is 0.334. The summed E-state index contributed by atoms with van der Waals surface area (Å²) in [5, 5.41) is 3.22. The fraction of sp³-hybridized carbons (Fsp3) is 0.200. The van der Waals surface area contributed by atoms with E-state index < -0.39 is 5.91 Å². The molecule has 6 nitrogen and oxygen atoms in total. The Morgan fingerprint density at radius 2 is 1.88 bits per heavy atom. The van der Waals surface area contributed by atoms with Crippen LogP contribution in [0, 0.1) is 0 Å². The molecule has 2 amide bonds. The molecule has 3 N–H and O–H groups in total. The van der Waals surface area contributed by atoms with Gasteiger partial charge >= 0.3 is 0 Å². The summed E-state index contributed by atoms with van der Waals surface area (Å²) in [5.74, 6) is 0.745. The van der Waals surface area contributed by atoms with E-state index >= 15 is 0 Å². The maximum Gasteiger partial charge on any atom is 0.251 e. The Kier molecular flexibility index (Phi) is 8.30. The van der Waals surface area contributed by atoms with Gasteiger partial charge in [0.05, 0.1) is 12.7 Å². The maximum atomic E-state index is 12.5. The summed E-state index contributed by atoms with van der Waals surface area (Å²) < 4.78 is 12.3. The Labute approximate surface area is 205 Å². The van der Waals surface area contributed by atoms with Gasteiger partial charge in [-0.1, -0.05) is 35.8 Å². The number of nitrogens with one attached hydrogen (secondary N) is 1. The van der Waals surface area contributed by atoms with Crippen LogP contribution in [0.3, 0.4) is 0 Å².